The second kappa shape index (κ2) is 8.34. The van der Waals surface area contributed by atoms with Gasteiger partial charge >= 0.3 is 0 Å². The number of carbonyl (C=O) groups is 2. The van der Waals surface area contributed by atoms with Gasteiger partial charge in [-0.25, -0.2) is 0 Å². The SMILES string of the molecule is O=C(NCCCOCCO)C1CCN(C(=O)C2CC2)CC1. The molecule has 0 aromatic heterocycles. The first kappa shape index (κ1) is 16.2. The molecule has 0 aromatic rings. The zero-order valence-corrected chi connectivity index (χ0v) is 12.6. The molecule has 0 radical (unpaired) electrons. The lowest BCUT2D eigenvalue weighted by Gasteiger charge is -2.31. The second-order valence-corrected chi connectivity index (χ2v) is 5.85. The Kier molecular flexibility index (Phi) is 6.45. The minimum atomic E-state index is 0.0323. The van der Waals surface area contributed by atoms with Gasteiger partial charge in [0.15, 0.2) is 0 Å². The molecule has 1 saturated carbocycles. The number of hydrogen-bond donors (Lipinski definition) is 2. The summed E-state index contributed by atoms with van der Waals surface area (Å²) in [5.41, 5.74) is 0. The van der Waals surface area contributed by atoms with Crippen molar-refractivity contribution in [1.82, 2.24) is 10.2 Å². The largest absolute Gasteiger partial charge is 0.394 e. The van der Waals surface area contributed by atoms with Gasteiger partial charge in [-0.1, -0.05) is 0 Å². The molecule has 2 aliphatic rings. The van der Waals surface area contributed by atoms with Gasteiger partial charge in [0.2, 0.25) is 11.8 Å². The van der Waals surface area contributed by atoms with Crippen LogP contribution in [0, 0.1) is 11.8 Å². The molecule has 0 aromatic carbocycles. The third-order valence-electron chi connectivity index (χ3n) is 4.10. The number of likely N-dealkylation sites (tertiary alicyclic amines) is 1. The fourth-order valence-electron chi connectivity index (χ4n) is 2.65. The van der Waals surface area contributed by atoms with E-state index < -0.39 is 0 Å². The van der Waals surface area contributed by atoms with E-state index in [1.807, 2.05) is 4.90 Å². The van der Waals surface area contributed by atoms with Gasteiger partial charge in [0, 0.05) is 38.1 Å². The Morgan fingerprint density at radius 3 is 2.43 bits per heavy atom. The van der Waals surface area contributed by atoms with Crippen LogP contribution in [-0.2, 0) is 14.3 Å². The molecule has 21 heavy (non-hydrogen) atoms. The molecule has 6 heteroatoms. The Morgan fingerprint density at radius 1 is 1.10 bits per heavy atom. The van der Waals surface area contributed by atoms with Crippen LogP contribution in [0.1, 0.15) is 32.1 Å². The highest BCUT2D eigenvalue weighted by Gasteiger charge is 2.35. The lowest BCUT2D eigenvalue weighted by molar-refractivity contribution is -0.136. The summed E-state index contributed by atoms with van der Waals surface area (Å²) in [5.74, 6) is 0.687. The fourth-order valence-corrected chi connectivity index (χ4v) is 2.65. The Bertz CT molecular complexity index is 350. The van der Waals surface area contributed by atoms with Crippen LogP contribution in [0.25, 0.3) is 0 Å². The van der Waals surface area contributed by atoms with E-state index in [9.17, 15) is 9.59 Å². The predicted molar refractivity (Wildman–Crippen MR) is 77.6 cm³/mol. The number of carbonyl (C=O) groups excluding carboxylic acids is 2. The molecule has 1 saturated heterocycles. The number of piperidine rings is 1. The van der Waals surface area contributed by atoms with Crippen LogP contribution in [0.2, 0.25) is 0 Å². The van der Waals surface area contributed by atoms with Crippen LogP contribution in [0.5, 0.6) is 0 Å². The summed E-state index contributed by atoms with van der Waals surface area (Å²) < 4.78 is 5.13. The number of aliphatic hydroxyl groups excluding tert-OH is 1. The van der Waals surface area contributed by atoms with E-state index in [-0.39, 0.29) is 30.3 Å². The maximum absolute atomic E-state index is 12.0. The first-order chi connectivity index (χ1) is 10.2. The molecular formula is C15H26N2O4. The van der Waals surface area contributed by atoms with Crippen LogP contribution >= 0.6 is 0 Å². The molecule has 0 spiro atoms. The van der Waals surface area contributed by atoms with E-state index in [1.165, 1.54) is 0 Å². The zero-order chi connectivity index (χ0) is 15.1. The van der Waals surface area contributed by atoms with Crippen molar-refractivity contribution < 1.29 is 19.4 Å². The van der Waals surface area contributed by atoms with Crippen molar-refractivity contribution in [2.45, 2.75) is 32.1 Å². The predicted octanol–water partition coefficient (Wildman–Crippen LogP) is 0.150. The van der Waals surface area contributed by atoms with E-state index in [0.717, 1.165) is 32.1 Å². The average Bonchev–Trinajstić information content (AvgIpc) is 3.35. The quantitative estimate of drug-likeness (QED) is 0.625. The molecule has 120 valence electrons. The maximum Gasteiger partial charge on any atom is 0.225 e. The molecular weight excluding hydrogens is 272 g/mol. The van der Waals surface area contributed by atoms with Crippen molar-refractivity contribution in [2.75, 3.05) is 39.5 Å². The molecule has 2 amide bonds. The van der Waals surface area contributed by atoms with E-state index in [2.05, 4.69) is 5.32 Å². The van der Waals surface area contributed by atoms with Crippen molar-refractivity contribution >= 4 is 11.8 Å². The van der Waals surface area contributed by atoms with E-state index >= 15 is 0 Å². The number of aliphatic hydroxyl groups is 1. The molecule has 2 N–H and O–H groups in total. The molecule has 0 atom stereocenters. The molecule has 2 rings (SSSR count). The first-order valence-corrected chi connectivity index (χ1v) is 7.97. The third kappa shape index (κ3) is 5.28. The molecule has 6 nitrogen and oxygen atoms in total. The number of rotatable bonds is 8. The molecule has 1 aliphatic heterocycles. The number of ether oxygens (including phenoxy) is 1. The summed E-state index contributed by atoms with van der Waals surface area (Å²) >= 11 is 0. The number of hydrogen-bond acceptors (Lipinski definition) is 4. The lowest BCUT2D eigenvalue weighted by Crippen LogP contribution is -2.43. The third-order valence-corrected chi connectivity index (χ3v) is 4.10. The van der Waals surface area contributed by atoms with Crippen LogP contribution in [0.15, 0.2) is 0 Å². The summed E-state index contributed by atoms with van der Waals surface area (Å²) in [6, 6.07) is 0. The fraction of sp³-hybridized carbons (Fsp3) is 0.867. The topological polar surface area (TPSA) is 78.9 Å². The van der Waals surface area contributed by atoms with Crippen LogP contribution in [0.3, 0.4) is 0 Å². The maximum atomic E-state index is 12.0. The van der Waals surface area contributed by atoms with Crippen molar-refractivity contribution in [3.05, 3.63) is 0 Å². The second-order valence-electron chi connectivity index (χ2n) is 5.85. The van der Waals surface area contributed by atoms with Gasteiger partial charge < -0.3 is 20.1 Å². The summed E-state index contributed by atoms with van der Waals surface area (Å²) in [6.45, 7) is 2.96. The van der Waals surface area contributed by atoms with Gasteiger partial charge in [-0.15, -0.1) is 0 Å². The first-order valence-electron chi connectivity index (χ1n) is 7.97. The molecule has 1 aliphatic carbocycles. The van der Waals surface area contributed by atoms with Gasteiger partial charge in [-0.05, 0) is 32.1 Å². The summed E-state index contributed by atoms with van der Waals surface area (Å²) in [7, 11) is 0. The number of amides is 2. The molecule has 0 unspecified atom stereocenters. The van der Waals surface area contributed by atoms with Gasteiger partial charge in [-0.2, -0.15) is 0 Å². The van der Waals surface area contributed by atoms with Gasteiger partial charge in [0.1, 0.15) is 0 Å². The zero-order valence-electron chi connectivity index (χ0n) is 12.6. The smallest absolute Gasteiger partial charge is 0.225 e. The monoisotopic (exact) mass is 298 g/mol. The molecule has 2 fully saturated rings. The van der Waals surface area contributed by atoms with Crippen LogP contribution < -0.4 is 5.32 Å². The minimum Gasteiger partial charge on any atom is -0.394 e. The van der Waals surface area contributed by atoms with Gasteiger partial charge in [-0.3, -0.25) is 9.59 Å². The number of nitrogens with zero attached hydrogens (tertiary/aromatic N) is 1. The molecule has 1 heterocycles. The van der Waals surface area contributed by atoms with E-state index in [4.69, 9.17) is 9.84 Å². The van der Waals surface area contributed by atoms with E-state index in [0.29, 0.717) is 32.8 Å². The van der Waals surface area contributed by atoms with Crippen molar-refractivity contribution in [1.29, 1.82) is 0 Å². The van der Waals surface area contributed by atoms with Gasteiger partial charge in [0.25, 0.3) is 0 Å². The Morgan fingerprint density at radius 2 is 1.81 bits per heavy atom. The van der Waals surface area contributed by atoms with E-state index in [1.54, 1.807) is 0 Å². The molecule has 0 bridgehead atoms. The minimum absolute atomic E-state index is 0.0323. The van der Waals surface area contributed by atoms with Crippen molar-refractivity contribution in [3.8, 4) is 0 Å². The van der Waals surface area contributed by atoms with Gasteiger partial charge in [0.05, 0.1) is 13.2 Å². The lowest BCUT2D eigenvalue weighted by atomic mass is 9.95. The van der Waals surface area contributed by atoms with Crippen molar-refractivity contribution in [2.24, 2.45) is 11.8 Å². The highest BCUT2D eigenvalue weighted by molar-refractivity contribution is 5.82. The summed E-state index contributed by atoms with van der Waals surface area (Å²) in [5, 5.41) is 11.5. The van der Waals surface area contributed by atoms with Crippen molar-refractivity contribution in [3.63, 3.8) is 0 Å². The highest BCUT2D eigenvalue weighted by atomic mass is 16.5. The normalized spacial score (nSPS) is 19.6. The summed E-state index contributed by atoms with van der Waals surface area (Å²) in [4.78, 5) is 25.9. The van der Waals surface area contributed by atoms with Crippen LogP contribution in [0.4, 0.5) is 0 Å². The number of nitrogens with one attached hydrogen (secondary N) is 1. The Labute approximate surface area is 125 Å². The van der Waals surface area contributed by atoms with Crippen LogP contribution in [-0.4, -0.2) is 61.3 Å². The average molecular weight is 298 g/mol. The Hall–Kier alpha value is -1.14. The standard InChI is InChI=1S/C15H26N2O4/c18-9-11-21-10-1-6-16-14(19)12-4-7-17(8-5-12)15(20)13-2-3-13/h12-13,18H,1-11H2,(H,16,19). The Balaban J connectivity index is 1.56. The highest BCUT2D eigenvalue weighted by Crippen LogP contribution is 2.32. The summed E-state index contributed by atoms with van der Waals surface area (Å²) in [6.07, 6.45) is 4.37.